The van der Waals surface area contributed by atoms with Gasteiger partial charge in [-0.15, -0.1) is 0 Å². The lowest BCUT2D eigenvalue weighted by Crippen LogP contribution is -2.35. The quantitative estimate of drug-likeness (QED) is 0.752. The average Bonchev–Trinajstić information content (AvgIpc) is 3.04. The molecule has 128 valence electrons. The number of hydrazone groups is 1. The van der Waals surface area contributed by atoms with Crippen LogP contribution in [0.25, 0.3) is 0 Å². The van der Waals surface area contributed by atoms with E-state index in [0.717, 1.165) is 5.69 Å². The summed E-state index contributed by atoms with van der Waals surface area (Å²) < 4.78 is 0. The van der Waals surface area contributed by atoms with Crippen molar-refractivity contribution >= 4 is 28.7 Å². The van der Waals surface area contributed by atoms with Crippen LogP contribution in [0.2, 0.25) is 0 Å². The average molecular weight is 350 g/mol. The highest BCUT2D eigenvalue weighted by Crippen LogP contribution is 2.44. The van der Waals surface area contributed by atoms with E-state index in [1.807, 2.05) is 35.3 Å². The van der Waals surface area contributed by atoms with Crippen molar-refractivity contribution < 1.29 is 0 Å². The highest BCUT2D eigenvalue weighted by atomic mass is 32.1. The summed E-state index contributed by atoms with van der Waals surface area (Å²) in [7, 11) is 0. The van der Waals surface area contributed by atoms with Gasteiger partial charge >= 0.3 is 0 Å². The van der Waals surface area contributed by atoms with Crippen molar-refractivity contribution in [2.45, 2.75) is 32.2 Å². The first kappa shape index (κ1) is 16.3. The van der Waals surface area contributed by atoms with Gasteiger partial charge in [-0.2, -0.15) is 5.10 Å². The Kier molecular flexibility index (Phi) is 4.53. The second-order valence-corrected chi connectivity index (χ2v) is 7.35. The summed E-state index contributed by atoms with van der Waals surface area (Å²) in [6.07, 6.45) is 3.68. The van der Waals surface area contributed by atoms with E-state index in [4.69, 9.17) is 17.3 Å². The molecule has 1 N–H and O–H groups in total. The maximum Gasteiger partial charge on any atom is 0.194 e. The van der Waals surface area contributed by atoms with Crippen molar-refractivity contribution in [2.24, 2.45) is 16.9 Å². The summed E-state index contributed by atoms with van der Waals surface area (Å²) in [6.45, 7) is 2.30. The SMILES string of the molecule is CC1CCC[C@H]2C1=NN(C(=S)Nc1ccccc1)[C@@H]2c1ccccc1. The van der Waals surface area contributed by atoms with E-state index in [1.165, 1.54) is 30.5 Å². The zero-order valence-electron chi connectivity index (χ0n) is 14.4. The Morgan fingerprint density at radius 1 is 1.04 bits per heavy atom. The molecule has 1 aliphatic carbocycles. The highest BCUT2D eigenvalue weighted by Gasteiger charge is 2.43. The molecule has 0 saturated heterocycles. The van der Waals surface area contributed by atoms with E-state index in [1.54, 1.807) is 0 Å². The van der Waals surface area contributed by atoms with E-state index < -0.39 is 0 Å². The Balaban J connectivity index is 1.66. The minimum Gasteiger partial charge on any atom is -0.331 e. The topological polar surface area (TPSA) is 27.6 Å². The van der Waals surface area contributed by atoms with Gasteiger partial charge in [0.1, 0.15) is 0 Å². The van der Waals surface area contributed by atoms with Crippen molar-refractivity contribution in [1.82, 2.24) is 5.01 Å². The molecule has 3 nitrogen and oxygen atoms in total. The lowest BCUT2D eigenvalue weighted by atomic mass is 9.76. The molecular weight excluding hydrogens is 326 g/mol. The Morgan fingerprint density at radius 3 is 2.44 bits per heavy atom. The normalized spacial score (nSPS) is 25.2. The summed E-state index contributed by atoms with van der Waals surface area (Å²) >= 11 is 5.74. The fraction of sp³-hybridized carbons (Fsp3) is 0.333. The first-order valence-electron chi connectivity index (χ1n) is 9.02. The monoisotopic (exact) mass is 349 g/mol. The molecule has 2 aromatic rings. The minimum absolute atomic E-state index is 0.197. The largest absolute Gasteiger partial charge is 0.331 e. The van der Waals surface area contributed by atoms with Gasteiger partial charge in [0.15, 0.2) is 5.11 Å². The fourth-order valence-corrected chi connectivity index (χ4v) is 4.32. The summed E-state index contributed by atoms with van der Waals surface area (Å²) in [6, 6.07) is 20.9. The fourth-order valence-electron chi connectivity index (χ4n) is 4.05. The van der Waals surface area contributed by atoms with Gasteiger partial charge in [-0.25, -0.2) is 5.01 Å². The lowest BCUT2D eigenvalue weighted by molar-refractivity contribution is 0.299. The molecular formula is C21H23N3S. The van der Waals surface area contributed by atoms with E-state index in [0.29, 0.717) is 16.9 Å². The molecule has 1 unspecified atom stereocenters. The van der Waals surface area contributed by atoms with Crippen LogP contribution < -0.4 is 5.32 Å². The van der Waals surface area contributed by atoms with E-state index in [-0.39, 0.29) is 6.04 Å². The molecule has 25 heavy (non-hydrogen) atoms. The molecule has 0 amide bonds. The third-order valence-corrected chi connectivity index (χ3v) is 5.57. The van der Waals surface area contributed by atoms with Gasteiger partial charge in [0.25, 0.3) is 0 Å². The predicted molar refractivity (Wildman–Crippen MR) is 108 cm³/mol. The van der Waals surface area contributed by atoms with Crippen LogP contribution in [-0.4, -0.2) is 15.8 Å². The number of benzene rings is 2. The summed E-state index contributed by atoms with van der Waals surface area (Å²) in [5, 5.41) is 11.1. The Morgan fingerprint density at radius 2 is 1.72 bits per heavy atom. The summed E-state index contributed by atoms with van der Waals surface area (Å²) in [4.78, 5) is 0. The van der Waals surface area contributed by atoms with Crippen LogP contribution in [0.3, 0.4) is 0 Å². The molecule has 4 rings (SSSR count). The maximum absolute atomic E-state index is 5.74. The third-order valence-electron chi connectivity index (χ3n) is 5.28. The molecule has 0 aromatic heterocycles. The Hall–Kier alpha value is -2.20. The summed E-state index contributed by atoms with van der Waals surface area (Å²) in [5.74, 6) is 0.996. The number of hydrogen-bond acceptors (Lipinski definition) is 2. The molecule has 2 aliphatic rings. The predicted octanol–water partition coefficient (Wildman–Crippen LogP) is 5.23. The van der Waals surface area contributed by atoms with Crippen molar-refractivity contribution in [1.29, 1.82) is 0 Å². The number of nitrogens with zero attached hydrogens (tertiary/aromatic N) is 2. The van der Waals surface area contributed by atoms with Crippen molar-refractivity contribution in [3.63, 3.8) is 0 Å². The molecule has 0 spiro atoms. The molecule has 0 radical (unpaired) electrons. The highest BCUT2D eigenvalue weighted by molar-refractivity contribution is 7.80. The molecule has 2 aromatic carbocycles. The number of thiocarbonyl (C=S) groups is 1. The van der Waals surface area contributed by atoms with Crippen LogP contribution >= 0.6 is 12.2 Å². The van der Waals surface area contributed by atoms with Crippen molar-refractivity contribution in [3.05, 3.63) is 66.2 Å². The van der Waals surface area contributed by atoms with Gasteiger partial charge < -0.3 is 5.32 Å². The first-order valence-corrected chi connectivity index (χ1v) is 9.43. The zero-order valence-corrected chi connectivity index (χ0v) is 15.2. The molecule has 1 heterocycles. The van der Waals surface area contributed by atoms with Crippen molar-refractivity contribution in [2.75, 3.05) is 5.32 Å². The molecule has 1 saturated carbocycles. The van der Waals surface area contributed by atoms with Crippen LogP contribution in [0.4, 0.5) is 5.69 Å². The summed E-state index contributed by atoms with van der Waals surface area (Å²) in [5.41, 5.74) is 3.61. The van der Waals surface area contributed by atoms with E-state index in [2.05, 4.69) is 42.6 Å². The molecule has 1 fully saturated rings. The number of fused-ring (bicyclic) bond motifs is 1. The van der Waals surface area contributed by atoms with Gasteiger partial charge in [-0.05, 0) is 48.7 Å². The van der Waals surface area contributed by atoms with Gasteiger partial charge in [0.05, 0.1) is 6.04 Å². The Labute approximate surface area is 154 Å². The smallest absolute Gasteiger partial charge is 0.194 e. The number of nitrogens with one attached hydrogen (secondary N) is 1. The van der Waals surface area contributed by atoms with Gasteiger partial charge in [-0.1, -0.05) is 61.9 Å². The van der Waals surface area contributed by atoms with Gasteiger partial charge in [0, 0.05) is 17.3 Å². The van der Waals surface area contributed by atoms with Gasteiger partial charge in [0.2, 0.25) is 0 Å². The van der Waals surface area contributed by atoms with E-state index in [9.17, 15) is 0 Å². The maximum atomic E-state index is 5.74. The second kappa shape index (κ2) is 6.96. The number of para-hydroxylation sites is 1. The van der Waals surface area contributed by atoms with Crippen LogP contribution in [0.15, 0.2) is 65.8 Å². The minimum atomic E-state index is 0.197. The lowest BCUT2D eigenvalue weighted by Gasteiger charge is -2.31. The third kappa shape index (κ3) is 3.19. The molecule has 1 aliphatic heterocycles. The van der Waals surface area contributed by atoms with Crippen LogP contribution in [-0.2, 0) is 0 Å². The Bertz CT molecular complexity index is 772. The van der Waals surface area contributed by atoms with Crippen LogP contribution in [0.5, 0.6) is 0 Å². The second-order valence-electron chi connectivity index (χ2n) is 6.96. The van der Waals surface area contributed by atoms with Crippen LogP contribution in [0, 0.1) is 11.8 Å². The van der Waals surface area contributed by atoms with E-state index >= 15 is 0 Å². The molecule has 4 heteroatoms. The van der Waals surface area contributed by atoms with Crippen LogP contribution in [0.1, 0.15) is 37.8 Å². The van der Waals surface area contributed by atoms with Gasteiger partial charge in [-0.3, -0.25) is 0 Å². The number of rotatable bonds is 2. The van der Waals surface area contributed by atoms with Crippen molar-refractivity contribution in [3.8, 4) is 0 Å². The number of hydrogen-bond donors (Lipinski definition) is 1. The zero-order chi connectivity index (χ0) is 17.2. The standard InChI is InChI=1S/C21H23N3S/c1-15-9-8-14-18-19(15)23-24(20(18)16-10-4-2-5-11-16)21(25)22-17-12-6-3-7-13-17/h2-7,10-13,15,18,20H,8-9,14H2,1H3,(H,22,25)/t15?,18-,20+/m0/s1. The molecule has 3 atom stereocenters. The number of anilines is 1. The molecule has 0 bridgehead atoms. The first-order chi connectivity index (χ1) is 12.2.